The zero-order chi connectivity index (χ0) is 9.35. The van der Waals surface area contributed by atoms with Crippen LogP contribution in [0.1, 0.15) is 0 Å². The Balaban J connectivity index is 2.83. The molecular weight excluding hydrogens is 186 g/mol. The van der Waals surface area contributed by atoms with Crippen molar-refractivity contribution in [3.05, 3.63) is 0 Å². The fourth-order valence-corrected chi connectivity index (χ4v) is 1.45. The highest BCUT2D eigenvalue weighted by molar-refractivity contribution is 7.90. The van der Waals surface area contributed by atoms with Crippen molar-refractivity contribution >= 4 is 22.0 Å². The molecule has 1 aliphatic rings. The number of hydrogen-bond donors (Lipinski definition) is 3. The van der Waals surface area contributed by atoms with Gasteiger partial charge >= 0.3 is 6.03 Å². The maximum absolute atomic E-state index is 10.8. The zero-order valence-corrected chi connectivity index (χ0v) is 6.72. The van der Waals surface area contributed by atoms with Gasteiger partial charge in [-0.15, -0.1) is 0 Å². The van der Waals surface area contributed by atoms with E-state index in [-0.39, 0.29) is 6.54 Å². The summed E-state index contributed by atoms with van der Waals surface area (Å²) in [6.45, 7) is -0.274. The number of urea groups is 1. The Morgan fingerprint density at radius 3 is 2.42 bits per heavy atom. The van der Waals surface area contributed by atoms with Crippen molar-refractivity contribution in [2.75, 3.05) is 6.54 Å². The zero-order valence-electron chi connectivity index (χ0n) is 5.90. The first kappa shape index (κ1) is 8.94. The standard InChI is InChI=1S/C4H7N3O4S/c5-12(10,11)2-1-6-4(9)7-3(2)8/h2H,1H2,(H2,5,10,11)(H2,6,7,8,9). The van der Waals surface area contributed by atoms with Gasteiger partial charge in [0.2, 0.25) is 15.9 Å². The van der Waals surface area contributed by atoms with E-state index in [1.54, 1.807) is 5.32 Å². The summed E-state index contributed by atoms with van der Waals surface area (Å²) in [5.74, 6) is -0.888. The molecule has 0 bridgehead atoms. The van der Waals surface area contributed by atoms with E-state index in [2.05, 4.69) is 5.32 Å². The van der Waals surface area contributed by atoms with E-state index in [1.807, 2.05) is 0 Å². The van der Waals surface area contributed by atoms with Crippen LogP contribution in [0.15, 0.2) is 0 Å². The second kappa shape index (κ2) is 2.72. The first-order valence-corrected chi connectivity index (χ1v) is 4.62. The number of nitrogens with two attached hydrogens (primary N) is 1. The lowest BCUT2D eigenvalue weighted by Gasteiger charge is -2.19. The van der Waals surface area contributed by atoms with Gasteiger partial charge in [0.1, 0.15) is 0 Å². The number of nitrogens with one attached hydrogen (secondary N) is 2. The highest BCUT2D eigenvalue weighted by Gasteiger charge is 2.34. The Morgan fingerprint density at radius 2 is 2.00 bits per heavy atom. The lowest BCUT2D eigenvalue weighted by atomic mass is 10.3. The molecule has 68 valence electrons. The molecule has 0 aromatic heterocycles. The van der Waals surface area contributed by atoms with Gasteiger partial charge in [0.25, 0.3) is 0 Å². The largest absolute Gasteiger partial charge is 0.336 e. The molecule has 1 atom stereocenters. The van der Waals surface area contributed by atoms with Crippen molar-refractivity contribution in [2.45, 2.75) is 5.25 Å². The quantitative estimate of drug-likeness (QED) is 0.426. The van der Waals surface area contributed by atoms with Crippen molar-refractivity contribution in [2.24, 2.45) is 5.14 Å². The van der Waals surface area contributed by atoms with Crippen LogP contribution < -0.4 is 15.8 Å². The number of amides is 3. The van der Waals surface area contributed by atoms with Gasteiger partial charge in [-0.05, 0) is 0 Å². The summed E-state index contributed by atoms with van der Waals surface area (Å²) in [6, 6.07) is -0.708. The Labute approximate surface area is 68.4 Å². The van der Waals surface area contributed by atoms with Crippen LogP contribution in [0, 0.1) is 0 Å². The highest BCUT2D eigenvalue weighted by Crippen LogP contribution is 1.98. The van der Waals surface area contributed by atoms with Crippen LogP contribution >= 0.6 is 0 Å². The molecule has 0 spiro atoms. The summed E-state index contributed by atoms with van der Waals surface area (Å²) >= 11 is 0. The third kappa shape index (κ3) is 1.71. The summed E-state index contributed by atoms with van der Waals surface area (Å²) in [5.41, 5.74) is 0. The molecule has 0 aromatic rings. The van der Waals surface area contributed by atoms with E-state index in [0.717, 1.165) is 0 Å². The Kier molecular flexibility index (Phi) is 2.02. The number of imide groups is 1. The predicted octanol–water partition coefficient (Wildman–Crippen LogP) is -2.52. The molecule has 0 saturated carbocycles. The van der Waals surface area contributed by atoms with Crippen LogP contribution in [0.5, 0.6) is 0 Å². The number of hydrogen-bond acceptors (Lipinski definition) is 4. The van der Waals surface area contributed by atoms with Crippen LogP contribution in [-0.2, 0) is 14.8 Å². The molecule has 0 aromatic carbocycles. The summed E-state index contributed by atoms with van der Waals surface area (Å²) in [4.78, 5) is 21.3. The monoisotopic (exact) mass is 193 g/mol. The molecule has 1 aliphatic heterocycles. The second-order valence-corrected chi connectivity index (χ2v) is 4.02. The van der Waals surface area contributed by atoms with Gasteiger partial charge in [-0.1, -0.05) is 0 Å². The normalized spacial score (nSPS) is 24.6. The van der Waals surface area contributed by atoms with Crippen LogP contribution in [0.2, 0.25) is 0 Å². The van der Waals surface area contributed by atoms with Crippen molar-refractivity contribution in [3.8, 4) is 0 Å². The fourth-order valence-electron chi connectivity index (χ4n) is 0.780. The number of sulfonamides is 1. The van der Waals surface area contributed by atoms with Gasteiger partial charge in [-0.25, -0.2) is 18.4 Å². The molecule has 1 unspecified atom stereocenters. The minimum absolute atomic E-state index is 0.274. The second-order valence-electron chi connectivity index (χ2n) is 2.28. The first-order valence-electron chi connectivity index (χ1n) is 3.01. The number of carbonyl (C=O) groups is 2. The summed E-state index contributed by atoms with van der Waals surface area (Å²) in [6.07, 6.45) is 0. The Hall–Kier alpha value is -1.15. The molecule has 3 amide bonds. The average Bonchev–Trinajstić information content (AvgIpc) is 1.83. The topological polar surface area (TPSA) is 118 Å². The molecule has 4 N–H and O–H groups in total. The van der Waals surface area contributed by atoms with Gasteiger partial charge in [0.05, 0.1) is 0 Å². The lowest BCUT2D eigenvalue weighted by Crippen LogP contribution is -2.58. The maximum Gasteiger partial charge on any atom is 0.321 e. The molecule has 12 heavy (non-hydrogen) atoms. The molecule has 1 saturated heterocycles. The predicted molar refractivity (Wildman–Crippen MR) is 38.4 cm³/mol. The van der Waals surface area contributed by atoms with Crippen LogP contribution in [-0.4, -0.2) is 32.2 Å². The SMILES string of the molecule is NS(=O)(=O)C1CNC(=O)NC1=O. The van der Waals surface area contributed by atoms with Crippen molar-refractivity contribution in [1.82, 2.24) is 10.6 Å². The van der Waals surface area contributed by atoms with Gasteiger partial charge < -0.3 is 5.32 Å². The summed E-state index contributed by atoms with van der Waals surface area (Å²) < 4.78 is 21.3. The summed E-state index contributed by atoms with van der Waals surface area (Å²) in [7, 11) is -3.93. The van der Waals surface area contributed by atoms with E-state index in [9.17, 15) is 18.0 Å². The van der Waals surface area contributed by atoms with Gasteiger partial charge in [0.15, 0.2) is 5.25 Å². The van der Waals surface area contributed by atoms with E-state index in [1.165, 1.54) is 0 Å². The number of carbonyl (C=O) groups excluding carboxylic acids is 2. The molecule has 1 fully saturated rings. The van der Waals surface area contributed by atoms with E-state index < -0.39 is 27.2 Å². The minimum Gasteiger partial charge on any atom is -0.336 e. The molecule has 1 heterocycles. The smallest absolute Gasteiger partial charge is 0.321 e. The molecule has 0 radical (unpaired) electrons. The Morgan fingerprint density at radius 1 is 1.42 bits per heavy atom. The van der Waals surface area contributed by atoms with E-state index in [0.29, 0.717) is 0 Å². The van der Waals surface area contributed by atoms with Crippen molar-refractivity contribution in [1.29, 1.82) is 0 Å². The fraction of sp³-hybridized carbons (Fsp3) is 0.500. The third-order valence-electron chi connectivity index (χ3n) is 1.37. The van der Waals surface area contributed by atoms with Gasteiger partial charge in [-0.3, -0.25) is 10.1 Å². The lowest BCUT2D eigenvalue weighted by molar-refractivity contribution is -0.120. The van der Waals surface area contributed by atoms with Crippen LogP contribution in [0.3, 0.4) is 0 Å². The molecule has 7 nitrogen and oxygen atoms in total. The molecule has 1 rings (SSSR count). The highest BCUT2D eigenvalue weighted by atomic mass is 32.2. The first-order chi connectivity index (χ1) is 5.41. The minimum atomic E-state index is -3.93. The molecular formula is C4H7N3O4S. The number of rotatable bonds is 1. The van der Waals surface area contributed by atoms with Gasteiger partial charge in [-0.2, -0.15) is 0 Å². The maximum atomic E-state index is 10.8. The average molecular weight is 193 g/mol. The molecule has 0 aliphatic carbocycles. The molecule has 8 heteroatoms. The van der Waals surface area contributed by atoms with Gasteiger partial charge in [0, 0.05) is 6.54 Å². The number of primary sulfonamides is 1. The van der Waals surface area contributed by atoms with Crippen LogP contribution in [0.4, 0.5) is 4.79 Å². The summed E-state index contributed by atoms with van der Waals surface area (Å²) in [5, 5.41) is 7.25. The van der Waals surface area contributed by atoms with Crippen LogP contribution in [0.25, 0.3) is 0 Å². The van der Waals surface area contributed by atoms with E-state index >= 15 is 0 Å². The third-order valence-corrected chi connectivity index (χ3v) is 2.55. The van der Waals surface area contributed by atoms with Crippen molar-refractivity contribution in [3.63, 3.8) is 0 Å². The van der Waals surface area contributed by atoms with Crippen molar-refractivity contribution < 1.29 is 18.0 Å². The van der Waals surface area contributed by atoms with E-state index in [4.69, 9.17) is 5.14 Å². The Bertz CT molecular complexity index is 321.